The van der Waals surface area contributed by atoms with Gasteiger partial charge in [0.15, 0.2) is 0 Å². The van der Waals surface area contributed by atoms with Crippen LogP contribution in [-0.4, -0.2) is 24.0 Å². The van der Waals surface area contributed by atoms with Gasteiger partial charge >= 0.3 is 5.97 Å². The smallest absolute Gasteiger partial charge is 0.336 e. The lowest BCUT2D eigenvalue weighted by Crippen LogP contribution is -2.23. The molecule has 0 aliphatic heterocycles. The van der Waals surface area contributed by atoms with E-state index in [1.54, 1.807) is 6.92 Å². The molecule has 0 saturated heterocycles. The number of carbonyl (C=O) groups is 1. The first-order valence-electron chi connectivity index (χ1n) is 3.42. The number of hydrogen-bond acceptors (Lipinski definition) is 5. The van der Waals surface area contributed by atoms with Crippen molar-refractivity contribution >= 4 is 5.97 Å². The lowest BCUT2D eigenvalue weighted by atomic mass is 10.4. The van der Waals surface area contributed by atoms with Gasteiger partial charge in [-0.3, -0.25) is 5.48 Å². The van der Waals surface area contributed by atoms with E-state index in [9.17, 15) is 4.79 Å². The van der Waals surface area contributed by atoms with E-state index in [4.69, 9.17) is 5.11 Å². The molecule has 2 N–H and O–H groups in total. The number of esters is 1. The number of allylic oxidation sites excluding steroid dienone is 1. The largest absolute Gasteiger partial charge is 0.434 e. The van der Waals surface area contributed by atoms with Crippen molar-refractivity contribution in [2.45, 2.75) is 20.0 Å². The predicted octanol–water partition coefficient (Wildman–Crippen LogP) is -0.0773. The van der Waals surface area contributed by atoms with Gasteiger partial charge in [-0.2, -0.15) is 0 Å². The molecule has 0 heterocycles. The Morgan fingerprint density at radius 2 is 2.33 bits per heavy atom. The van der Waals surface area contributed by atoms with Crippen molar-refractivity contribution in [2.24, 2.45) is 0 Å². The Morgan fingerprint density at radius 1 is 1.75 bits per heavy atom. The lowest BCUT2D eigenvalue weighted by Gasteiger charge is -2.07. The summed E-state index contributed by atoms with van der Waals surface area (Å²) in [6.07, 6.45) is -1.13. The van der Waals surface area contributed by atoms with E-state index in [2.05, 4.69) is 21.6 Å². The Labute approximate surface area is 70.9 Å². The molecule has 0 aromatic carbocycles. The molecule has 1 unspecified atom stereocenters. The molecule has 0 spiro atoms. The van der Waals surface area contributed by atoms with Crippen LogP contribution in [0.4, 0.5) is 0 Å². The van der Waals surface area contributed by atoms with Crippen LogP contribution in [0.2, 0.25) is 0 Å². The van der Waals surface area contributed by atoms with Crippen molar-refractivity contribution in [1.82, 2.24) is 5.48 Å². The highest BCUT2D eigenvalue weighted by atomic mass is 16.8. The zero-order chi connectivity index (χ0) is 9.56. The number of hydrogen-bond donors (Lipinski definition) is 2. The summed E-state index contributed by atoms with van der Waals surface area (Å²) < 4.78 is 4.44. The van der Waals surface area contributed by atoms with E-state index < -0.39 is 12.1 Å². The average Bonchev–Trinajstić information content (AvgIpc) is 1.97. The van der Waals surface area contributed by atoms with Gasteiger partial charge in [0.05, 0.1) is 0 Å². The molecule has 0 saturated carbocycles. The second kappa shape index (κ2) is 5.56. The van der Waals surface area contributed by atoms with Crippen molar-refractivity contribution < 1.29 is 19.5 Å². The Hall–Kier alpha value is -1.07. The maximum Gasteiger partial charge on any atom is 0.336 e. The summed E-state index contributed by atoms with van der Waals surface area (Å²) in [5, 5.41) is 8.66. The molecular weight excluding hydrogens is 162 g/mol. The van der Waals surface area contributed by atoms with Crippen molar-refractivity contribution in [3.05, 3.63) is 12.3 Å². The normalized spacial score (nSPS) is 11.9. The van der Waals surface area contributed by atoms with E-state index in [1.165, 1.54) is 6.92 Å². The fraction of sp³-hybridized carbons (Fsp3) is 0.571. The quantitative estimate of drug-likeness (QED) is 0.265. The SMILES string of the molecule is C=C(C)NOCOC(=O)C(C)O. The van der Waals surface area contributed by atoms with Gasteiger partial charge in [-0.25, -0.2) is 9.63 Å². The molecular formula is C7H13NO4. The van der Waals surface area contributed by atoms with Crippen LogP contribution in [0.15, 0.2) is 12.3 Å². The Balaban J connectivity index is 3.32. The number of aliphatic hydroxyl groups is 1. The third-order valence-corrected chi connectivity index (χ3v) is 0.848. The van der Waals surface area contributed by atoms with E-state index in [0.29, 0.717) is 5.70 Å². The highest BCUT2D eigenvalue weighted by Crippen LogP contribution is 1.87. The Bertz CT molecular complexity index is 167. The van der Waals surface area contributed by atoms with Gasteiger partial charge in [-0.05, 0) is 13.8 Å². The zero-order valence-electron chi connectivity index (χ0n) is 7.16. The summed E-state index contributed by atoms with van der Waals surface area (Å²) in [4.78, 5) is 15.2. The van der Waals surface area contributed by atoms with Crippen molar-refractivity contribution in [3.63, 3.8) is 0 Å². The molecule has 0 bridgehead atoms. The summed E-state index contributed by atoms with van der Waals surface area (Å²) >= 11 is 0. The topological polar surface area (TPSA) is 67.8 Å². The van der Waals surface area contributed by atoms with Crippen LogP contribution >= 0.6 is 0 Å². The van der Waals surface area contributed by atoms with Crippen molar-refractivity contribution in [3.8, 4) is 0 Å². The molecule has 0 amide bonds. The highest BCUT2D eigenvalue weighted by Gasteiger charge is 2.08. The minimum absolute atomic E-state index is 0.253. The third-order valence-electron chi connectivity index (χ3n) is 0.848. The standard InChI is InChI=1S/C7H13NO4/c1-5(2)8-12-4-11-7(10)6(3)9/h6,8-9H,1,4H2,2-3H3. The first-order valence-corrected chi connectivity index (χ1v) is 3.42. The molecule has 70 valence electrons. The number of rotatable bonds is 5. The second-order valence-corrected chi connectivity index (χ2v) is 2.28. The third kappa shape index (κ3) is 5.70. The summed E-state index contributed by atoms with van der Waals surface area (Å²) in [7, 11) is 0. The molecule has 0 fully saturated rings. The van der Waals surface area contributed by atoms with Gasteiger partial charge < -0.3 is 9.84 Å². The Morgan fingerprint density at radius 3 is 2.75 bits per heavy atom. The molecule has 0 aliphatic rings. The molecule has 5 nitrogen and oxygen atoms in total. The molecule has 5 heteroatoms. The number of hydroxylamine groups is 1. The molecule has 0 aromatic rings. The molecule has 12 heavy (non-hydrogen) atoms. The first kappa shape index (κ1) is 10.9. The number of carbonyl (C=O) groups excluding carboxylic acids is 1. The van der Waals surface area contributed by atoms with E-state index in [0.717, 1.165) is 0 Å². The highest BCUT2D eigenvalue weighted by molar-refractivity contribution is 5.73. The van der Waals surface area contributed by atoms with Gasteiger partial charge in [0, 0.05) is 5.70 Å². The predicted molar refractivity (Wildman–Crippen MR) is 41.7 cm³/mol. The minimum atomic E-state index is -1.13. The summed E-state index contributed by atoms with van der Waals surface area (Å²) in [6, 6.07) is 0. The van der Waals surface area contributed by atoms with Crippen molar-refractivity contribution in [1.29, 1.82) is 0 Å². The lowest BCUT2D eigenvalue weighted by molar-refractivity contribution is -0.169. The fourth-order valence-electron chi connectivity index (χ4n) is 0.361. The molecule has 1 atom stereocenters. The molecule has 0 rings (SSSR count). The van der Waals surface area contributed by atoms with Crippen LogP contribution in [0.1, 0.15) is 13.8 Å². The number of nitrogens with one attached hydrogen (secondary N) is 1. The average molecular weight is 175 g/mol. The monoisotopic (exact) mass is 175 g/mol. The molecule has 0 radical (unpaired) electrons. The van der Waals surface area contributed by atoms with Gasteiger partial charge in [0.2, 0.25) is 6.79 Å². The number of aliphatic hydroxyl groups excluding tert-OH is 1. The minimum Gasteiger partial charge on any atom is -0.434 e. The van der Waals surface area contributed by atoms with Crippen LogP contribution in [0.3, 0.4) is 0 Å². The van der Waals surface area contributed by atoms with E-state index in [-0.39, 0.29) is 6.79 Å². The zero-order valence-corrected chi connectivity index (χ0v) is 7.16. The Kier molecular flexibility index (Phi) is 5.07. The van der Waals surface area contributed by atoms with Crippen LogP contribution < -0.4 is 5.48 Å². The summed E-state index contributed by atoms with van der Waals surface area (Å²) in [5.74, 6) is -0.724. The maximum atomic E-state index is 10.6. The summed E-state index contributed by atoms with van der Waals surface area (Å²) in [6.45, 7) is 6.23. The van der Waals surface area contributed by atoms with E-state index >= 15 is 0 Å². The van der Waals surface area contributed by atoms with Crippen LogP contribution in [-0.2, 0) is 14.4 Å². The molecule has 0 aliphatic carbocycles. The van der Waals surface area contributed by atoms with Gasteiger partial charge in [0.1, 0.15) is 6.10 Å². The van der Waals surface area contributed by atoms with Crippen LogP contribution in [0.25, 0.3) is 0 Å². The molecule has 0 aromatic heterocycles. The van der Waals surface area contributed by atoms with Gasteiger partial charge in [-0.1, -0.05) is 6.58 Å². The van der Waals surface area contributed by atoms with E-state index in [1.807, 2.05) is 0 Å². The fourth-order valence-corrected chi connectivity index (χ4v) is 0.361. The van der Waals surface area contributed by atoms with Crippen molar-refractivity contribution in [2.75, 3.05) is 6.79 Å². The van der Waals surface area contributed by atoms with Crippen LogP contribution in [0, 0.1) is 0 Å². The first-order chi connectivity index (χ1) is 5.54. The van der Waals surface area contributed by atoms with Gasteiger partial charge in [0.25, 0.3) is 0 Å². The maximum absolute atomic E-state index is 10.6. The van der Waals surface area contributed by atoms with Gasteiger partial charge in [-0.15, -0.1) is 0 Å². The number of ether oxygens (including phenoxy) is 1. The second-order valence-electron chi connectivity index (χ2n) is 2.28. The summed E-state index contributed by atoms with van der Waals surface area (Å²) in [5.41, 5.74) is 2.99. The van der Waals surface area contributed by atoms with Crippen LogP contribution in [0.5, 0.6) is 0 Å².